The lowest BCUT2D eigenvalue weighted by Crippen LogP contribution is -2.17. The lowest BCUT2D eigenvalue weighted by Gasteiger charge is -2.06. The van der Waals surface area contributed by atoms with E-state index in [9.17, 15) is 9.18 Å². The Labute approximate surface area is 108 Å². The van der Waals surface area contributed by atoms with Gasteiger partial charge in [0, 0.05) is 17.6 Å². The summed E-state index contributed by atoms with van der Waals surface area (Å²) in [6, 6.07) is 3.00. The number of carbonyl (C=O) groups is 1. The second-order valence-corrected chi connectivity index (χ2v) is 3.99. The maximum atomic E-state index is 13.6. The fourth-order valence-corrected chi connectivity index (χ4v) is 1.59. The number of halogens is 1. The summed E-state index contributed by atoms with van der Waals surface area (Å²) in [5.41, 5.74) is 6.52. The van der Waals surface area contributed by atoms with Gasteiger partial charge in [-0.05, 0) is 26.0 Å². The van der Waals surface area contributed by atoms with Crippen LogP contribution in [0.3, 0.4) is 0 Å². The molecule has 3 N–H and O–H groups in total. The van der Waals surface area contributed by atoms with E-state index >= 15 is 0 Å². The summed E-state index contributed by atoms with van der Waals surface area (Å²) >= 11 is 0. The Bertz CT molecular complexity index is 624. The monoisotopic (exact) mass is 261 g/mol. The fourth-order valence-electron chi connectivity index (χ4n) is 1.59. The van der Waals surface area contributed by atoms with Gasteiger partial charge in [-0.2, -0.15) is 0 Å². The first-order valence-electron chi connectivity index (χ1n) is 5.51. The van der Waals surface area contributed by atoms with E-state index in [1.807, 2.05) is 0 Å². The lowest BCUT2D eigenvalue weighted by atomic mass is 10.2. The summed E-state index contributed by atoms with van der Waals surface area (Å²) in [6.07, 6.45) is 1.26. The molecule has 0 aromatic carbocycles. The molecule has 7 heteroatoms. The molecule has 2 rings (SSSR count). The lowest BCUT2D eigenvalue weighted by molar-refractivity contribution is 0.102. The minimum atomic E-state index is -0.857. The molecule has 2 aromatic rings. The van der Waals surface area contributed by atoms with Crippen LogP contribution < -0.4 is 11.1 Å². The van der Waals surface area contributed by atoms with E-state index in [-0.39, 0.29) is 17.3 Å². The summed E-state index contributed by atoms with van der Waals surface area (Å²) in [6.45, 7) is 3.55. The number of anilines is 2. The molecule has 0 aliphatic carbocycles. The Balaban J connectivity index is 2.28. The Morgan fingerprint density at radius 1 is 1.32 bits per heavy atom. The second-order valence-electron chi connectivity index (χ2n) is 3.99. The summed E-state index contributed by atoms with van der Waals surface area (Å²) in [5, 5.41) is 2.42. The number of nitrogen functional groups attached to an aromatic ring is 1. The van der Waals surface area contributed by atoms with Gasteiger partial charge in [0.15, 0.2) is 11.6 Å². The van der Waals surface area contributed by atoms with Crippen LogP contribution in [0, 0.1) is 19.7 Å². The largest absolute Gasteiger partial charge is 0.381 e. The van der Waals surface area contributed by atoms with E-state index in [0.29, 0.717) is 11.4 Å². The highest BCUT2D eigenvalue weighted by molar-refractivity contribution is 6.03. The highest BCUT2D eigenvalue weighted by Gasteiger charge is 2.15. The summed E-state index contributed by atoms with van der Waals surface area (Å²) in [5.74, 6) is -1.73. The molecule has 0 aliphatic rings. The minimum Gasteiger partial charge on any atom is -0.381 e. The number of aromatic nitrogens is 3. The van der Waals surface area contributed by atoms with Crippen molar-refractivity contribution < 1.29 is 9.18 Å². The van der Waals surface area contributed by atoms with Crippen LogP contribution in [0.15, 0.2) is 18.3 Å². The van der Waals surface area contributed by atoms with Crippen molar-refractivity contribution in [1.82, 2.24) is 15.0 Å². The molecular weight excluding hydrogens is 249 g/mol. The molecule has 0 fully saturated rings. The molecule has 0 saturated carbocycles. The van der Waals surface area contributed by atoms with E-state index in [1.54, 1.807) is 19.9 Å². The summed E-state index contributed by atoms with van der Waals surface area (Å²) < 4.78 is 13.6. The standard InChI is InChI=1S/C12H12FN5O/c1-6-5-7(2)17-12(16-6)18-11(19)8-3-4-15-10(14)9(8)13/h3-5H,1-2H3,(H2,14,15)(H,16,17,18,19). The molecule has 6 nitrogen and oxygen atoms in total. The van der Waals surface area contributed by atoms with Crippen molar-refractivity contribution in [3.8, 4) is 0 Å². The Hall–Kier alpha value is -2.57. The maximum absolute atomic E-state index is 13.6. The van der Waals surface area contributed by atoms with Gasteiger partial charge >= 0.3 is 0 Å². The minimum absolute atomic E-state index is 0.122. The zero-order valence-electron chi connectivity index (χ0n) is 10.4. The van der Waals surface area contributed by atoms with E-state index < -0.39 is 11.7 Å². The zero-order chi connectivity index (χ0) is 14.0. The van der Waals surface area contributed by atoms with Crippen LogP contribution in [0.5, 0.6) is 0 Å². The van der Waals surface area contributed by atoms with E-state index in [0.717, 1.165) is 0 Å². The predicted molar refractivity (Wildman–Crippen MR) is 68.1 cm³/mol. The number of carbonyl (C=O) groups excluding carboxylic acids is 1. The first-order chi connectivity index (χ1) is 8.97. The molecule has 0 aliphatic heterocycles. The number of nitrogens with one attached hydrogen (secondary N) is 1. The number of hydrogen-bond acceptors (Lipinski definition) is 5. The molecule has 0 spiro atoms. The van der Waals surface area contributed by atoms with Crippen LogP contribution in [0.25, 0.3) is 0 Å². The van der Waals surface area contributed by atoms with E-state index in [4.69, 9.17) is 5.73 Å². The van der Waals surface area contributed by atoms with Gasteiger partial charge in [0.2, 0.25) is 5.95 Å². The number of nitrogens with zero attached hydrogens (tertiary/aromatic N) is 3. The van der Waals surface area contributed by atoms with Gasteiger partial charge in [-0.1, -0.05) is 0 Å². The molecule has 0 unspecified atom stereocenters. The van der Waals surface area contributed by atoms with Crippen molar-refractivity contribution >= 4 is 17.7 Å². The number of rotatable bonds is 2. The fraction of sp³-hybridized carbons (Fsp3) is 0.167. The van der Waals surface area contributed by atoms with Crippen molar-refractivity contribution in [2.45, 2.75) is 13.8 Å². The van der Waals surface area contributed by atoms with Crippen molar-refractivity contribution in [2.24, 2.45) is 0 Å². The number of hydrogen-bond donors (Lipinski definition) is 2. The quantitative estimate of drug-likeness (QED) is 0.853. The third-order valence-electron chi connectivity index (χ3n) is 2.37. The maximum Gasteiger partial charge on any atom is 0.261 e. The smallest absolute Gasteiger partial charge is 0.261 e. The highest BCUT2D eigenvalue weighted by Crippen LogP contribution is 2.13. The van der Waals surface area contributed by atoms with Crippen molar-refractivity contribution in [3.63, 3.8) is 0 Å². The van der Waals surface area contributed by atoms with Crippen LogP contribution in [0.2, 0.25) is 0 Å². The van der Waals surface area contributed by atoms with Gasteiger partial charge in [0.25, 0.3) is 5.91 Å². The van der Waals surface area contributed by atoms with E-state index in [1.165, 1.54) is 12.3 Å². The number of nitrogens with two attached hydrogens (primary N) is 1. The first-order valence-corrected chi connectivity index (χ1v) is 5.51. The van der Waals surface area contributed by atoms with Gasteiger partial charge in [-0.15, -0.1) is 0 Å². The molecule has 0 bridgehead atoms. The molecule has 0 atom stereocenters. The number of amides is 1. The van der Waals surface area contributed by atoms with Crippen LogP contribution >= 0.6 is 0 Å². The molecule has 19 heavy (non-hydrogen) atoms. The highest BCUT2D eigenvalue weighted by atomic mass is 19.1. The van der Waals surface area contributed by atoms with Crippen molar-refractivity contribution in [1.29, 1.82) is 0 Å². The Morgan fingerprint density at radius 2 is 1.95 bits per heavy atom. The third-order valence-corrected chi connectivity index (χ3v) is 2.37. The first kappa shape index (κ1) is 12.9. The normalized spacial score (nSPS) is 10.3. The molecule has 0 saturated heterocycles. The van der Waals surface area contributed by atoms with Crippen LogP contribution in [0.1, 0.15) is 21.7 Å². The topological polar surface area (TPSA) is 93.8 Å². The molecular formula is C12H12FN5O. The second kappa shape index (κ2) is 4.97. The van der Waals surface area contributed by atoms with Crippen LogP contribution in [-0.4, -0.2) is 20.9 Å². The average molecular weight is 261 g/mol. The molecule has 98 valence electrons. The van der Waals surface area contributed by atoms with Crippen molar-refractivity contribution in [2.75, 3.05) is 11.1 Å². The molecule has 2 aromatic heterocycles. The molecule has 2 heterocycles. The Kier molecular flexibility index (Phi) is 3.37. The van der Waals surface area contributed by atoms with Crippen LogP contribution in [0.4, 0.5) is 16.2 Å². The van der Waals surface area contributed by atoms with Crippen LogP contribution in [-0.2, 0) is 0 Å². The zero-order valence-corrected chi connectivity index (χ0v) is 10.4. The number of aryl methyl sites for hydroxylation is 2. The third kappa shape index (κ3) is 2.82. The summed E-state index contributed by atoms with van der Waals surface area (Å²) in [7, 11) is 0. The van der Waals surface area contributed by atoms with Gasteiger partial charge in [0.1, 0.15) is 0 Å². The Morgan fingerprint density at radius 3 is 2.58 bits per heavy atom. The molecule has 0 radical (unpaired) electrons. The van der Waals surface area contributed by atoms with Gasteiger partial charge in [-0.3, -0.25) is 10.1 Å². The van der Waals surface area contributed by atoms with Crippen molar-refractivity contribution in [3.05, 3.63) is 41.1 Å². The van der Waals surface area contributed by atoms with Gasteiger partial charge in [0.05, 0.1) is 5.56 Å². The van der Waals surface area contributed by atoms with Gasteiger partial charge in [-0.25, -0.2) is 19.3 Å². The van der Waals surface area contributed by atoms with Gasteiger partial charge < -0.3 is 5.73 Å². The van der Waals surface area contributed by atoms with E-state index in [2.05, 4.69) is 20.3 Å². The molecule has 1 amide bonds. The summed E-state index contributed by atoms with van der Waals surface area (Å²) in [4.78, 5) is 23.5. The average Bonchev–Trinajstić information content (AvgIpc) is 2.31. The predicted octanol–water partition coefficient (Wildman–Crippen LogP) is 1.46. The SMILES string of the molecule is Cc1cc(C)nc(NC(=O)c2ccnc(N)c2F)n1. The number of pyridine rings is 1.